The number of amides is 1. The van der Waals surface area contributed by atoms with Crippen LogP contribution in [0.2, 0.25) is 0 Å². The van der Waals surface area contributed by atoms with Crippen LogP contribution < -0.4 is 15.4 Å². The second kappa shape index (κ2) is 9.34. The highest BCUT2D eigenvalue weighted by atomic mass is 16.5. The maximum atomic E-state index is 12.0. The van der Waals surface area contributed by atoms with Gasteiger partial charge in [0.15, 0.2) is 0 Å². The summed E-state index contributed by atoms with van der Waals surface area (Å²) in [6, 6.07) is 7.49. The Bertz CT molecular complexity index is 410. The minimum atomic E-state index is -0.0240. The van der Waals surface area contributed by atoms with Crippen LogP contribution >= 0.6 is 0 Å². The Hall–Kier alpha value is -1.59. The van der Waals surface area contributed by atoms with Gasteiger partial charge in [-0.05, 0) is 52.7 Å². The molecule has 0 fully saturated rings. The number of carbonyl (C=O) groups is 1. The molecule has 0 radical (unpaired) electrons. The lowest BCUT2D eigenvalue weighted by Gasteiger charge is -2.17. The summed E-state index contributed by atoms with van der Waals surface area (Å²) in [4.78, 5) is 14.0. The summed E-state index contributed by atoms with van der Waals surface area (Å²) < 4.78 is 5.49. The van der Waals surface area contributed by atoms with Crippen molar-refractivity contribution in [3.8, 4) is 5.75 Å². The van der Waals surface area contributed by atoms with Crippen LogP contribution in [-0.2, 0) is 4.79 Å². The Labute approximate surface area is 121 Å². The molecule has 1 aromatic rings. The minimum absolute atomic E-state index is 0.0240. The molecule has 0 spiro atoms. The number of likely N-dealkylation sites (N-methyl/N-ethyl adjacent to an activating group) is 1. The number of nitrogens with zero attached hydrogens (tertiary/aromatic N) is 1. The summed E-state index contributed by atoms with van der Waals surface area (Å²) in [6.07, 6.45) is 1.02. The first-order valence-corrected chi connectivity index (χ1v) is 7.02. The van der Waals surface area contributed by atoms with Crippen molar-refractivity contribution in [3.63, 3.8) is 0 Å². The van der Waals surface area contributed by atoms with Crippen molar-refractivity contribution < 1.29 is 9.53 Å². The number of ether oxygens (including phenoxy) is 1. The fraction of sp³-hybridized carbons (Fsp3) is 0.533. The predicted molar refractivity (Wildman–Crippen MR) is 82.3 cm³/mol. The molecular weight excluding hydrogens is 254 g/mol. The van der Waals surface area contributed by atoms with Crippen molar-refractivity contribution in [1.82, 2.24) is 10.2 Å². The summed E-state index contributed by atoms with van der Waals surface area (Å²) in [6.45, 7) is 4.73. The number of anilines is 1. The van der Waals surface area contributed by atoms with Gasteiger partial charge in [-0.3, -0.25) is 9.69 Å². The van der Waals surface area contributed by atoms with Crippen molar-refractivity contribution >= 4 is 11.6 Å². The molecule has 0 unspecified atom stereocenters. The largest absolute Gasteiger partial charge is 0.492 e. The Morgan fingerprint density at radius 1 is 1.35 bits per heavy atom. The van der Waals surface area contributed by atoms with Gasteiger partial charge in [-0.2, -0.15) is 0 Å². The molecule has 0 bridgehead atoms. The van der Waals surface area contributed by atoms with Crippen molar-refractivity contribution in [2.45, 2.75) is 13.3 Å². The van der Waals surface area contributed by atoms with Crippen LogP contribution in [0.4, 0.5) is 5.69 Å². The van der Waals surface area contributed by atoms with Gasteiger partial charge in [0.05, 0.1) is 18.8 Å². The summed E-state index contributed by atoms with van der Waals surface area (Å²) in [5.74, 6) is 0.685. The highest BCUT2D eigenvalue weighted by Crippen LogP contribution is 2.23. The molecule has 5 heteroatoms. The molecular formula is C15H25N3O2. The normalized spacial score (nSPS) is 10.6. The molecule has 112 valence electrons. The third-order valence-corrected chi connectivity index (χ3v) is 2.84. The molecule has 0 atom stereocenters. The summed E-state index contributed by atoms with van der Waals surface area (Å²) in [5.41, 5.74) is 0.725. The fourth-order valence-corrected chi connectivity index (χ4v) is 1.89. The number of carbonyl (C=O) groups excluding carboxylic acids is 1. The molecule has 0 aliphatic carbocycles. The first kappa shape index (κ1) is 16.5. The van der Waals surface area contributed by atoms with Gasteiger partial charge in [0.2, 0.25) is 5.91 Å². The van der Waals surface area contributed by atoms with Crippen LogP contribution in [0, 0.1) is 0 Å². The molecule has 20 heavy (non-hydrogen) atoms. The van der Waals surface area contributed by atoms with Crippen LogP contribution in [0.3, 0.4) is 0 Å². The number of benzene rings is 1. The quantitative estimate of drug-likeness (QED) is 0.674. The minimum Gasteiger partial charge on any atom is -0.492 e. The van der Waals surface area contributed by atoms with E-state index in [2.05, 4.69) is 10.6 Å². The lowest BCUT2D eigenvalue weighted by atomic mass is 10.3. The van der Waals surface area contributed by atoms with Crippen LogP contribution in [0.1, 0.15) is 13.3 Å². The van der Waals surface area contributed by atoms with Crippen molar-refractivity contribution in [3.05, 3.63) is 24.3 Å². The van der Waals surface area contributed by atoms with Crippen LogP contribution in [-0.4, -0.2) is 51.1 Å². The Balaban J connectivity index is 2.45. The molecule has 1 amide bonds. The van der Waals surface area contributed by atoms with Crippen molar-refractivity contribution in [1.29, 1.82) is 0 Å². The first-order valence-electron chi connectivity index (χ1n) is 7.02. The van der Waals surface area contributed by atoms with E-state index in [9.17, 15) is 4.79 Å². The molecule has 0 saturated carbocycles. The van der Waals surface area contributed by atoms with E-state index in [1.807, 2.05) is 50.2 Å². The average Bonchev–Trinajstić information content (AvgIpc) is 2.41. The molecule has 0 aromatic heterocycles. The fourth-order valence-electron chi connectivity index (χ4n) is 1.89. The van der Waals surface area contributed by atoms with Crippen LogP contribution in [0.25, 0.3) is 0 Å². The third-order valence-electron chi connectivity index (χ3n) is 2.84. The lowest BCUT2D eigenvalue weighted by Crippen LogP contribution is -2.32. The van der Waals surface area contributed by atoms with Crippen LogP contribution in [0.5, 0.6) is 5.75 Å². The topological polar surface area (TPSA) is 53.6 Å². The van der Waals surface area contributed by atoms with Crippen molar-refractivity contribution in [2.75, 3.05) is 45.7 Å². The summed E-state index contributed by atoms with van der Waals surface area (Å²) in [7, 11) is 3.88. The van der Waals surface area contributed by atoms with E-state index in [4.69, 9.17) is 4.74 Å². The van der Waals surface area contributed by atoms with Gasteiger partial charge in [-0.25, -0.2) is 0 Å². The second-order valence-corrected chi connectivity index (χ2v) is 4.67. The maximum Gasteiger partial charge on any atom is 0.238 e. The molecule has 0 saturated heterocycles. The van der Waals surface area contributed by atoms with E-state index in [0.29, 0.717) is 18.9 Å². The molecule has 5 nitrogen and oxygen atoms in total. The van der Waals surface area contributed by atoms with Gasteiger partial charge in [0.1, 0.15) is 5.75 Å². The van der Waals surface area contributed by atoms with E-state index < -0.39 is 0 Å². The Morgan fingerprint density at radius 2 is 2.10 bits per heavy atom. The van der Waals surface area contributed by atoms with Gasteiger partial charge in [0, 0.05) is 0 Å². The van der Waals surface area contributed by atoms with E-state index in [0.717, 1.165) is 25.2 Å². The van der Waals surface area contributed by atoms with Gasteiger partial charge < -0.3 is 15.4 Å². The summed E-state index contributed by atoms with van der Waals surface area (Å²) in [5, 5.41) is 5.99. The van der Waals surface area contributed by atoms with E-state index in [1.54, 1.807) is 0 Å². The molecule has 2 N–H and O–H groups in total. The highest BCUT2D eigenvalue weighted by molar-refractivity contribution is 5.93. The zero-order chi connectivity index (χ0) is 14.8. The number of nitrogens with one attached hydrogen (secondary N) is 2. The van der Waals surface area contributed by atoms with E-state index in [-0.39, 0.29) is 5.91 Å². The summed E-state index contributed by atoms with van der Waals surface area (Å²) >= 11 is 0. The van der Waals surface area contributed by atoms with Crippen LogP contribution in [0.15, 0.2) is 24.3 Å². The predicted octanol–water partition coefficient (Wildman–Crippen LogP) is 1.57. The number of hydrogen-bond donors (Lipinski definition) is 2. The standard InChI is InChI=1S/C15H25N3O2/c1-4-20-14-9-6-5-8-13(14)17-15(19)12-18(3)11-7-10-16-2/h5-6,8-9,16H,4,7,10-12H2,1-3H3,(H,17,19). The van der Waals surface area contributed by atoms with Crippen molar-refractivity contribution in [2.24, 2.45) is 0 Å². The third kappa shape index (κ3) is 6.04. The Morgan fingerprint density at radius 3 is 2.80 bits per heavy atom. The first-order chi connectivity index (χ1) is 9.67. The monoisotopic (exact) mass is 279 g/mol. The molecule has 0 heterocycles. The number of para-hydroxylation sites is 2. The molecule has 0 aliphatic rings. The zero-order valence-corrected chi connectivity index (χ0v) is 12.6. The SMILES string of the molecule is CCOc1ccccc1NC(=O)CN(C)CCCNC. The smallest absolute Gasteiger partial charge is 0.238 e. The zero-order valence-electron chi connectivity index (χ0n) is 12.6. The number of hydrogen-bond acceptors (Lipinski definition) is 4. The average molecular weight is 279 g/mol. The maximum absolute atomic E-state index is 12.0. The second-order valence-electron chi connectivity index (χ2n) is 4.67. The van der Waals surface area contributed by atoms with Gasteiger partial charge in [-0.1, -0.05) is 12.1 Å². The van der Waals surface area contributed by atoms with E-state index in [1.165, 1.54) is 0 Å². The van der Waals surface area contributed by atoms with Gasteiger partial charge >= 0.3 is 0 Å². The Kier molecular flexibility index (Phi) is 7.69. The highest BCUT2D eigenvalue weighted by Gasteiger charge is 2.09. The molecule has 1 aromatic carbocycles. The van der Waals surface area contributed by atoms with Gasteiger partial charge in [0.25, 0.3) is 0 Å². The van der Waals surface area contributed by atoms with E-state index >= 15 is 0 Å². The molecule has 0 aliphatic heterocycles. The molecule has 1 rings (SSSR count). The lowest BCUT2D eigenvalue weighted by molar-refractivity contribution is -0.117. The number of rotatable bonds is 9. The van der Waals surface area contributed by atoms with Gasteiger partial charge in [-0.15, -0.1) is 0 Å².